The van der Waals surface area contributed by atoms with Gasteiger partial charge in [0.1, 0.15) is 18.4 Å². The molecule has 0 unspecified atom stereocenters. The maximum atomic E-state index is 14.4. The fraction of sp³-hybridized carbons (Fsp3) is 0.250. The van der Waals surface area contributed by atoms with Crippen LogP contribution >= 0.6 is 23.2 Å². The molecule has 42 heavy (non-hydrogen) atoms. The normalized spacial score (nSPS) is 13.5. The number of carbonyl (C=O) groups excluding carboxylic acids is 2. The van der Waals surface area contributed by atoms with E-state index >= 15 is 0 Å². The zero-order valence-corrected chi connectivity index (χ0v) is 24.1. The highest BCUT2D eigenvalue weighted by molar-refractivity contribution is 6.39. The van der Waals surface area contributed by atoms with Crippen molar-refractivity contribution in [3.05, 3.63) is 99.5 Å². The number of carbonyl (C=O) groups is 2. The van der Waals surface area contributed by atoms with Crippen LogP contribution in [0.2, 0.25) is 10.0 Å². The van der Waals surface area contributed by atoms with E-state index < -0.39 is 29.6 Å². The fourth-order valence-electron chi connectivity index (χ4n) is 4.66. The van der Waals surface area contributed by atoms with E-state index in [0.29, 0.717) is 16.7 Å². The zero-order valence-electron chi connectivity index (χ0n) is 22.6. The molecule has 0 heterocycles. The molecule has 0 aromatic heterocycles. The van der Waals surface area contributed by atoms with E-state index in [1.54, 1.807) is 18.2 Å². The van der Waals surface area contributed by atoms with Crippen molar-refractivity contribution in [1.29, 1.82) is 0 Å². The Balaban J connectivity index is 1.52. The summed E-state index contributed by atoms with van der Waals surface area (Å²) in [5.74, 6) is -3.01. The summed E-state index contributed by atoms with van der Waals surface area (Å²) in [6.45, 7) is 0.175. The van der Waals surface area contributed by atoms with Crippen molar-refractivity contribution < 1.29 is 32.6 Å². The Labute approximate surface area is 251 Å². The van der Waals surface area contributed by atoms with Gasteiger partial charge in [0.2, 0.25) is 0 Å². The van der Waals surface area contributed by atoms with Crippen LogP contribution in [0.25, 0.3) is 21.9 Å². The summed E-state index contributed by atoms with van der Waals surface area (Å²) in [4.78, 5) is 26.4. The molecule has 1 N–H and O–H groups in total. The summed E-state index contributed by atoms with van der Waals surface area (Å²) in [5, 5.41) is 4.47. The Kier molecular flexibility index (Phi) is 9.26. The maximum Gasteiger partial charge on any atom is 0.329 e. The first kappa shape index (κ1) is 29.8. The van der Waals surface area contributed by atoms with Gasteiger partial charge in [0.05, 0.1) is 28.3 Å². The van der Waals surface area contributed by atoms with E-state index in [4.69, 9.17) is 37.4 Å². The summed E-state index contributed by atoms with van der Waals surface area (Å²) < 4.78 is 44.9. The standard InChI is InChI=1S/C32H27Cl2F2NO5/c1-40-13-14-41-32(39)28(37-31(38)30-24(33)7-4-8-25(30)34)15-18-9-12-22(21-6-3-2-5-20(18)21)23-16-26(35)27(36)17-29(23)42-19-10-11-19/h2-9,12,16-17,19,28H,10-11,13-15H2,1H3,(H,37,38)/t28-/m0/s1. The van der Waals surface area contributed by atoms with Crippen molar-refractivity contribution in [3.63, 3.8) is 0 Å². The van der Waals surface area contributed by atoms with Gasteiger partial charge in [-0.05, 0) is 52.9 Å². The molecule has 1 aliphatic rings. The van der Waals surface area contributed by atoms with Gasteiger partial charge in [0.25, 0.3) is 5.91 Å². The fourth-order valence-corrected chi connectivity index (χ4v) is 5.23. The third kappa shape index (κ3) is 6.67. The minimum absolute atomic E-state index is 0.00581. The molecule has 0 spiro atoms. The highest BCUT2D eigenvalue weighted by Gasteiger charge is 2.28. The van der Waals surface area contributed by atoms with E-state index in [1.165, 1.54) is 19.2 Å². The lowest BCUT2D eigenvalue weighted by Gasteiger charge is -2.20. The number of ether oxygens (including phenoxy) is 3. The van der Waals surface area contributed by atoms with E-state index in [-0.39, 0.29) is 47.1 Å². The van der Waals surface area contributed by atoms with Crippen molar-refractivity contribution in [3.8, 4) is 16.9 Å². The second-order valence-corrected chi connectivity index (χ2v) is 10.7. The van der Waals surface area contributed by atoms with Crippen LogP contribution in [0.4, 0.5) is 8.78 Å². The Morgan fingerprint density at radius 3 is 2.29 bits per heavy atom. The van der Waals surface area contributed by atoms with E-state index in [1.807, 2.05) is 24.3 Å². The third-order valence-corrected chi connectivity index (χ3v) is 7.51. The van der Waals surface area contributed by atoms with Crippen LogP contribution in [0.1, 0.15) is 28.8 Å². The highest BCUT2D eigenvalue weighted by atomic mass is 35.5. The molecule has 10 heteroatoms. The SMILES string of the molecule is COCCOC(=O)[C@H](Cc1ccc(-c2cc(F)c(F)cc2OC2CC2)c2ccccc12)NC(=O)c1c(Cl)cccc1Cl. The van der Waals surface area contributed by atoms with Crippen molar-refractivity contribution in [2.45, 2.75) is 31.4 Å². The van der Waals surface area contributed by atoms with Gasteiger partial charge in [-0.3, -0.25) is 4.79 Å². The van der Waals surface area contributed by atoms with Gasteiger partial charge in [-0.1, -0.05) is 65.7 Å². The van der Waals surface area contributed by atoms with E-state index in [0.717, 1.165) is 35.7 Å². The second-order valence-electron chi connectivity index (χ2n) is 9.88. The molecular formula is C32H27Cl2F2NO5. The molecule has 1 saturated carbocycles. The number of halogens is 4. The molecule has 0 aliphatic heterocycles. The molecule has 1 atom stereocenters. The summed E-state index contributed by atoms with van der Waals surface area (Å²) in [6.07, 6.45) is 1.74. The molecule has 0 bridgehead atoms. The minimum Gasteiger partial charge on any atom is -0.490 e. The van der Waals surface area contributed by atoms with E-state index in [9.17, 15) is 18.4 Å². The predicted molar refractivity (Wildman–Crippen MR) is 157 cm³/mol. The van der Waals surface area contributed by atoms with Crippen molar-refractivity contribution in [2.75, 3.05) is 20.3 Å². The van der Waals surface area contributed by atoms with Crippen LogP contribution in [-0.2, 0) is 20.7 Å². The van der Waals surface area contributed by atoms with E-state index in [2.05, 4.69) is 5.32 Å². The highest BCUT2D eigenvalue weighted by Crippen LogP contribution is 2.40. The number of hydrogen-bond acceptors (Lipinski definition) is 5. The molecule has 4 aromatic rings. The van der Waals surface area contributed by atoms with Crippen molar-refractivity contribution in [2.24, 2.45) is 0 Å². The Bertz CT molecular complexity index is 1620. The largest absolute Gasteiger partial charge is 0.490 e. The van der Waals surface area contributed by atoms with Crippen molar-refractivity contribution >= 4 is 45.9 Å². The number of fused-ring (bicyclic) bond motifs is 1. The Morgan fingerprint density at radius 1 is 0.905 bits per heavy atom. The lowest BCUT2D eigenvalue weighted by molar-refractivity contribution is -0.147. The quantitative estimate of drug-likeness (QED) is 0.143. The molecule has 5 rings (SSSR count). The van der Waals surface area contributed by atoms with Gasteiger partial charge in [0, 0.05) is 25.2 Å². The molecule has 0 saturated heterocycles. The number of benzene rings is 4. The molecule has 6 nitrogen and oxygen atoms in total. The molecule has 218 valence electrons. The topological polar surface area (TPSA) is 73.9 Å². The van der Waals surface area contributed by atoms with Crippen LogP contribution in [0.5, 0.6) is 5.75 Å². The molecule has 1 amide bonds. The number of amides is 1. The van der Waals surface area contributed by atoms with Gasteiger partial charge >= 0.3 is 5.97 Å². The lowest BCUT2D eigenvalue weighted by Crippen LogP contribution is -2.44. The third-order valence-electron chi connectivity index (χ3n) is 6.88. The minimum atomic E-state index is -1.10. The maximum absolute atomic E-state index is 14.4. The monoisotopic (exact) mass is 613 g/mol. The summed E-state index contributed by atoms with van der Waals surface area (Å²) >= 11 is 12.5. The van der Waals surface area contributed by atoms with Crippen LogP contribution in [0.3, 0.4) is 0 Å². The average Bonchev–Trinajstić information content (AvgIpc) is 3.79. The van der Waals surface area contributed by atoms with Crippen LogP contribution in [-0.4, -0.2) is 44.3 Å². The molecule has 1 fully saturated rings. The van der Waals surface area contributed by atoms with Crippen LogP contribution in [0, 0.1) is 11.6 Å². The first-order valence-corrected chi connectivity index (χ1v) is 14.1. The van der Waals surface area contributed by atoms with Gasteiger partial charge in [-0.25, -0.2) is 13.6 Å². The number of methoxy groups -OCH3 is 1. The van der Waals surface area contributed by atoms with Crippen molar-refractivity contribution in [1.82, 2.24) is 5.32 Å². The summed E-state index contributed by atoms with van der Waals surface area (Å²) in [5.41, 5.74) is 1.80. The van der Waals surface area contributed by atoms with Gasteiger partial charge in [0.15, 0.2) is 11.6 Å². The van der Waals surface area contributed by atoms with Gasteiger partial charge in [-0.2, -0.15) is 0 Å². The van der Waals surface area contributed by atoms with Gasteiger partial charge < -0.3 is 19.5 Å². The van der Waals surface area contributed by atoms with Crippen LogP contribution in [0.15, 0.2) is 66.7 Å². The molecule has 1 aliphatic carbocycles. The molecule has 0 radical (unpaired) electrons. The zero-order chi connectivity index (χ0) is 29.8. The smallest absolute Gasteiger partial charge is 0.329 e. The molecule has 4 aromatic carbocycles. The Hall–Kier alpha value is -3.72. The summed E-state index contributed by atoms with van der Waals surface area (Å²) in [6, 6.07) is 16.7. The number of hydrogen-bond donors (Lipinski definition) is 1. The second kappa shape index (κ2) is 13.1. The Morgan fingerprint density at radius 2 is 1.60 bits per heavy atom. The summed E-state index contributed by atoms with van der Waals surface area (Å²) in [7, 11) is 1.48. The first-order valence-electron chi connectivity index (χ1n) is 13.3. The van der Waals surface area contributed by atoms with Gasteiger partial charge in [-0.15, -0.1) is 0 Å². The lowest BCUT2D eigenvalue weighted by atomic mass is 9.92. The average molecular weight is 614 g/mol. The first-order chi connectivity index (χ1) is 20.3. The molecular weight excluding hydrogens is 587 g/mol. The predicted octanol–water partition coefficient (Wildman–Crippen LogP) is 7.16. The number of nitrogens with one attached hydrogen (secondary N) is 1. The van der Waals surface area contributed by atoms with Crippen LogP contribution < -0.4 is 10.1 Å². The number of rotatable bonds is 11. The number of esters is 1.